The maximum atomic E-state index is 12.4. The molecule has 2 N–H and O–H groups in total. The Morgan fingerprint density at radius 1 is 1.22 bits per heavy atom. The molecular weight excluding hydrogens is 259 g/mol. The summed E-state index contributed by atoms with van der Waals surface area (Å²) in [6.45, 7) is 2.11. The van der Waals surface area contributed by atoms with Gasteiger partial charge in [-0.1, -0.05) is 19.1 Å². The van der Waals surface area contributed by atoms with Crippen LogP contribution in [0.2, 0.25) is 0 Å². The summed E-state index contributed by atoms with van der Waals surface area (Å²) in [5.74, 6) is 1.91. The molecule has 1 nitrogen and oxygen atoms in total. The average Bonchev–Trinajstić information content (AvgIpc) is 2.29. The van der Waals surface area contributed by atoms with Crippen LogP contribution in [0, 0.1) is 0 Å². The molecule has 1 rings (SSSR count). The van der Waals surface area contributed by atoms with Crippen LogP contribution in [0.3, 0.4) is 0 Å². The van der Waals surface area contributed by atoms with E-state index in [0.29, 0.717) is 6.42 Å². The Labute approximate surface area is 110 Å². The van der Waals surface area contributed by atoms with Crippen LogP contribution < -0.4 is 5.73 Å². The van der Waals surface area contributed by atoms with Gasteiger partial charge in [0.25, 0.3) is 0 Å². The maximum absolute atomic E-state index is 12.4. The lowest BCUT2D eigenvalue weighted by molar-refractivity contribution is -0.137. The fourth-order valence-corrected chi connectivity index (χ4v) is 2.45. The van der Waals surface area contributed by atoms with Crippen molar-refractivity contribution in [1.82, 2.24) is 0 Å². The van der Waals surface area contributed by atoms with Gasteiger partial charge < -0.3 is 5.73 Å². The Hall–Kier alpha value is -0.680. The van der Waals surface area contributed by atoms with Crippen molar-refractivity contribution in [2.75, 3.05) is 11.5 Å². The topological polar surface area (TPSA) is 26.0 Å². The van der Waals surface area contributed by atoms with Crippen molar-refractivity contribution in [2.24, 2.45) is 5.73 Å². The van der Waals surface area contributed by atoms with Gasteiger partial charge in [-0.05, 0) is 36.3 Å². The molecule has 0 amide bonds. The molecule has 0 aromatic heterocycles. The zero-order valence-corrected chi connectivity index (χ0v) is 11.2. The minimum Gasteiger partial charge on any atom is -0.327 e. The van der Waals surface area contributed by atoms with Crippen LogP contribution in [0.25, 0.3) is 0 Å². The monoisotopic (exact) mass is 277 g/mol. The van der Waals surface area contributed by atoms with E-state index in [1.54, 1.807) is 11.8 Å². The zero-order valence-electron chi connectivity index (χ0n) is 10.3. The van der Waals surface area contributed by atoms with Crippen molar-refractivity contribution in [2.45, 2.75) is 32.0 Å². The van der Waals surface area contributed by atoms with Gasteiger partial charge in [0.2, 0.25) is 0 Å². The van der Waals surface area contributed by atoms with Gasteiger partial charge in [-0.25, -0.2) is 0 Å². The number of hydrogen-bond donors (Lipinski definition) is 1. The summed E-state index contributed by atoms with van der Waals surface area (Å²) in [7, 11) is 0. The van der Waals surface area contributed by atoms with Crippen molar-refractivity contribution in [1.29, 1.82) is 0 Å². The van der Waals surface area contributed by atoms with Crippen LogP contribution in [0.4, 0.5) is 13.2 Å². The molecule has 0 saturated heterocycles. The predicted octanol–water partition coefficient (Wildman–Crippen LogP) is 3.72. The summed E-state index contributed by atoms with van der Waals surface area (Å²) >= 11 is 1.78. The van der Waals surface area contributed by atoms with Crippen LogP contribution in [-0.4, -0.2) is 17.5 Å². The number of thioether (sulfide) groups is 1. The van der Waals surface area contributed by atoms with E-state index in [4.69, 9.17) is 5.73 Å². The van der Waals surface area contributed by atoms with Gasteiger partial charge >= 0.3 is 6.18 Å². The van der Waals surface area contributed by atoms with Crippen molar-refractivity contribution in [3.05, 3.63) is 35.4 Å². The third kappa shape index (κ3) is 5.31. The standard InChI is InChI=1S/C13H18F3NS/c1-2-7-18-9-12(17)8-10-3-5-11(6-4-10)13(14,15)16/h3-6,12H,2,7-9,17H2,1H3. The summed E-state index contributed by atoms with van der Waals surface area (Å²) in [6.07, 6.45) is -2.54. The fraction of sp³-hybridized carbons (Fsp3) is 0.538. The first-order chi connectivity index (χ1) is 8.43. The first-order valence-corrected chi connectivity index (χ1v) is 7.08. The van der Waals surface area contributed by atoms with E-state index in [1.807, 2.05) is 0 Å². The van der Waals surface area contributed by atoms with Gasteiger partial charge in [0.15, 0.2) is 0 Å². The van der Waals surface area contributed by atoms with E-state index in [1.165, 1.54) is 12.1 Å². The van der Waals surface area contributed by atoms with Gasteiger partial charge in [0.05, 0.1) is 5.56 Å². The molecule has 18 heavy (non-hydrogen) atoms. The Bertz CT molecular complexity index is 348. The molecule has 0 aliphatic rings. The second-order valence-corrected chi connectivity index (χ2v) is 5.38. The predicted molar refractivity (Wildman–Crippen MR) is 70.7 cm³/mol. The number of alkyl halides is 3. The lowest BCUT2D eigenvalue weighted by atomic mass is 10.1. The number of rotatable bonds is 6. The average molecular weight is 277 g/mol. The van der Waals surface area contributed by atoms with Crippen molar-refractivity contribution in [3.8, 4) is 0 Å². The highest BCUT2D eigenvalue weighted by atomic mass is 32.2. The number of halogens is 3. The Balaban J connectivity index is 2.48. The lowest BCUT2D eigenvalue weighted by Crippen LogP contribution is -2.25. The molecule has 0 aliphatic carbocycles. The Kier molecular flexibility index (Phi) is 6.02. The molecule has 0 bridgehead atoms. The zero-order chi connectivity index (χ0) is 13.6. The highest BCUT2D eigenvalue weighted by Crippen LogP contribution is 2.29. The van der Waals surface area contributed by atoms with Gasteiger partial charge in [-0.2, -0.15) is 24.9 Å². The summed E-state index contributed by atoms with van der Waals surface area (Å²) in [5, 5.41) is 0. The molecule has 1 aromatic rings. The van der Waals surface area contributed by atoms with E-state index in [9.17, 15) is 13.2 Å². The molecular formula is C13H18F3NS. The van der Waals surface area contributed by atoms with Gasteiger partial charge in [-0.3, -0.25) is 0 Å². The molecule has 1 unspecified atom stereocenters. The van der Waals surface area contributed by atoms with Crippen molar-refractivity contribution in [3.63, 3.8) is 0 Å². The summed E-state index contributed by atoms with van der Waals surface area (Å²) in [5.41, 5.74) is 6.17. The van der Waals surface area contributed by atoms with Crippen LogP contribution in [0.5, 0.6) is 0 Å². The van der Waals surface area contributed by atoms with E-state index in [-0.39, 0.29) is 6.04 Å². The first kappa shape index (κ1) is 15.4. The largest absolute Gasteiger partial charge is 0.416 e. The van der Waals surface area contributed by atoms with E-state index in [0.717, 1.165) is 35.6 Å². The molecule has 1 atom stereocenters. The third-order valence-electron chi connectivity index (χ3n) is 2.46. The van der Waals surface area contributed by atoms with Crippen molar-refractivity contribution < 1.29 is 13.2 Å². The minimum atomic E-state index is -4.27. The van der Waals surface area contributed by atoms with Crippen LogP contribution in [0.1, 0.15) is 24.5 Å². The summed E-state index contributed by atoms with van der Waals surface area (Å²) in [6, 6.07) is 5.24. The normalized spacial score (nSPS) is 13.6. The quantitative estimate of drug-likeness (QED) is 0.802. The molecule has 1 aromatic carbocycles. The van der Waals surface area contributed by atoms with E-state index < -0.39 is 11.7 Å². The maximum Gasteiger partial charge on any atom is 0.416 e. The molecule has 5 heteroatoms. The molecule has 0 spiro atoms. The highest BCUT2D eigenvalue weighted by molar-refractivity contribution is 7.99. The third-order valence-corrected chi connectivity index (χ3v) is 3.82. The molecule has 0 radical (unpaired) electrons. The smallest absolute Gasteiger partial charge is 0.327 e. The molecule has 0 saturated carbocycles. The summed E-state index contributed by atoms with van der Waals surface area (Å²) in [4.78, 5) is 0. The van der Waals surface area contributed by atoms with Crippen LogP contribution in [-0.2, 0) is 12.6 Å². The number of benzene rings is 1. The van der Waals surface area contributed by atoms with Gasteiger partial charge in [-0.15, -0.1) is 0 Å². The first-order valence-electron chi connectivity index (χ1n) is 5.93. The second kappa shape index (κ2) is 7.04. The highest BCUT2D eigenvalue weighted by Gasteiger charge is 2.29. The Morgan fingerprint density at radius 3 is 2.33 bits per heavy atom. The minimum absolute atomic E-state index is 0.00159. The Morgan fingerprint density at radius 2 is 1.83 bits per heavy atom. The van der Waals surface area contributed by atoms with Crippen LogP contribution in [0.15, 0.2) is 24.3 Å². The lowest BCUT2D eigenvalue weighted by Gasteiger charge is -2.12. The van der Waals surface area contributed by atoms with E-state index >= 15 is 0 Å². The molecule has 0 heterocycles. The number of hydrogen-bond acceptors (Lipinski definition) is 2. The summed E-state index contributed by atoms with van der Waals surface area (Å²) < 4.78 is 37.1. The SMILES string of the molecule is CCCSCC(N)Cc1ccc(C(F)(F)F)cc1. The van der Waals surface area contributed by atoms with Crippen molar-refractivity contribution >= 4 is 11.8 Å². The molecule has 0 aliphatic heterocycles. The number of nitrogens with two attached hydrogens (primary N) is 1. The molecule has 102 valence electrons. The second-order valence-electron chi connectivity index (χ2n) is 4.23. The van der Waals surface area contributed by atoms with E-state index in [2.05, 4.69) is 6.92 Å². The fourth-order valence-electron chi connectivity index (χ4n) is 1.57. The van der Waals surface area contributed by atoms with Gasteiger partial charge in [0, 0.05) is 11.8 Å². The molecule has 0 fully saturated rings. The van der Waals surface area contributed by atoms with Gasteiger partial charge in [0.1, 0.15) is 0 Å². The van der Waals surface area contributed by atoms with Crippen LogP contribution >= 0.6 is 11.8 Å².